The number of rotatable bonds is 3. The molecule has 1 aromatic rings. The lowest BCUT2D eigenvalue weighted by Gasteiger charge is -2.03. The van der Waals surface area contributed by atoms with Crippen LogP contribution >= 0.6 is 0 Å². The van der Waals surface area contributed by atoms with Crippen LogP contribution in [0.2, 0.25) is 0 Å². The summed E-state index contributed by atoms with van der Waals surface area (Å²) in [6, 6.07) is 3.46. The van der Waals surface area contributed by atoms with E-state index in [0.29, 0.717) is 0 Å². The van der Waals surface area contributed by atoms with Crippen molar-refractivity contribution < 1.29 is 19.6 Å². The zero-order chi connectivity index (χ0) is 13.0. The molecule has 17 heavy (non-hydrogen) atoms. The Kier molecular flexibility index (Phi) is 3.62. The molecular weight excluding hydrogens is 228 g/mol. The van der Waals surface area contributed by atoms with Crippen LogP contribution in [-0.4, -0.2) is 22.6 Å². The number of nitriles is 1. The Morgan fingerprint density at radius 1 is 1.65 bits per heavy atom. The van der Waals surface area contributed by atoms with Crippen molar-refractivity contribution in [2.75, 3.05) is 6.61 Å². The van der Waals surface area contributed by atoms with Crippen molar-refractivity contribution in [1.29, 1.82) is 5.26 Å². The standard InChI is InChI=1S/C10H8N2O5/c1-2-17-10(14)6-3-7(5-11)9(12(15)16)8(13)4-6/h3-4,13H,2H2,1H3. The summed E-state index contributed by atoms with van der Waals surface area (Å²) in [6.45, 7) is 1.72. The lowest BCUT2D eigenvalue weighted by Crippen LogP contribution is -2.06. The van der Waals surface area contributed by atoms with E-state index >= 15 is 0 Å². The van der Waals surface area contributed by atoms with Crippen LogP contribution in [0, 0.1) is 21.4 Å². The number of phenolic OH excluding ortho intramolecular Hbond substituents is 1. The van der Waals surface area contributed by atoms with Crippen LogP contribution in [0.3, 0.4) is 0 Å². The number of benzene rings is 1. The molecule has 0 aliphatic carbocycles. The number of esters is 1. The zero-order valence-electron chi connectivity index (χ0n) is 8.84. The van der Waals surface area contributed by atoms with Gasteiger partial charge in [-0.05, 0) is 13.0 Å². The van der Waals surface area contributed by atoms with Crippen molar-refractivity contribution in [2.24, 2.45) is 0 Å². The Morgan fingerprint density at radius 2 is 2.29 bits per heavy atom. The van der Waals surface area contributed by atoms with E-state index in [-0.39, 0.29) is 12.2 Å². The van der Waals surface area contributed by atoms with Gasteiger partial charge in [0, 0.05) is 6.07 Å². The summed E-state index contributed by atoms with van der Waals surface area (Å²) in [5, 5.41) is 28.7. The van der Waals surface area contributed by atoms with Crippen LogP contribution in [-0.2, 0) is 4.74 Å². The number of nitrogens with zero attached hydrogens (tertiary/aromatic N) is 2. The third-order valence-electron chi connectivity index (χ3n) is 1.90. The highest BCUT2D eigenvalue weighted by atomic mass is 16.6. The van der Waals surface area contributed by atoms with Crippen molar-refractivity contribution in [3.8, 4) is 11.8 Å². The minimum Gasteiger partial charge on any atom is -0.502 e. The summed E-state index contributed by atoms with van der Waals surface area (Å²) in [5.74, 6) is -1.49. The van der Waals surface area contributed by atoms with Crippen LogP contribution in [0.5, 0.6) is 5.75 Å². The van der Waals surface area contributed by atoms with E-state index in [1.165, 1.54) is 0 Å². The van der Waals surface area contributed by atoms with Gasteiger partial charge in [0.15, 0.2) is 5.75 Å². The number of nitro benzene ring substituents is 1. The maximum absolute atomic E-state index is 11.3. The predicted molar refractivity (Wildman–Crippen MR) is 55.4 cm³/mol. The fraction of sp³-hybridized carbons (Fsp3) is 0.200. The second-order valence-electron chi connectivity index (χ2n) is 2.98. The number of phenols is 1. The molecule has 0 aromatic heterocycles. The van der Waals surface area contributed by atoms with Crippen LogP contribution in [0.4, 0.5) is 5.69 Å². The molecule has 0 fully saturated rings. The van der Waals surface area contributed by atoms with Crippen LogP contribution < -0.4 is 0 Å². The van der Waals surface area contributed by atoms with Gasteiger partial charge in [-0.15, -0.1) is 0 Å². The molecule has 7 heteroatoms. The molecule has 0 radical (unpaired) electrons. The van der Waals surface area contributed by atoms with Gasteiger partial charge in [0.05, 0.1) is 17.1 Å². The molecule has 1 aromatic carbocycles. The van der Waals surface area contributed by atoms with E-state index < -0.39 is 27.9 Å². The molecule has 88 valence electrons. The number of hydrogen-bond acceptors (Lipinski definition) is 6. The van der Waals surface area contributed by atoms with Crippen molar-refractivity contribution in [3.05, 3.63) is 33.4 Å². The summed E-state index contributed by atoms with van der Waals surface area (Å²) < 4.78 is 4.65. The minimum atomic E-state index is -0.886. The highest BCUT2D eigenvalue weighted by Gasteiger charge is 2.23. The summed E-state index contributed by atoms with van der Waals surface area (Å²) in [4.78, 5) is 21.0. The molecule has 1 N–H and O–H groups in total. The van der Waals surface area contributed by atoms with Crippen LogP contribution in [0.1, 0.15) is 22.8 Å². The molecule has 0 aliphatic rings. The molecule has 0 saturated heterocycles. The molecule has 0 heterocycles. The smallest absolute Gasteiger partial charge is 0.338 e. The predicted octanol–water partition coefficient (Wildman–Crippen LogP) is 1.35. The van der Waals surface area contributed by atoms with Crippen molar-refractivity contribution in [2.45, 2.75) is 6.92 Å². The molecule has 0 bridgehead atoms. The first-order valence-corrected chi connectivity index (χ1v) is 4.59. The van der Waals surface area contributed by atoms with E-state index in [1.54, 1.807) is 13.0 Å². The first-order valence-electron chi connectivity index (χ1n) is 4.59. The Morgan fingerprint density at radius 3 is 2.76 bits per heavy atom. The zero-order valence-corrected chi connectivity index (χ0v) is 8.84. The SMILES string of the molecule is CCOC(=O)c1cc(O)c([N+](=O)[O-])c(C#N)c1. The molecule has 0 aliphatic heterocycles. The van der Waals surface area contributed by atoms with E-state index in [0.717, 1.165) is 12.1 Å². The number of hydrogen-bond donors (Lipinski definition) is 1. The Balaban J connectivity index is 3.33. The number of carbonyl (C=O) groups excluding carboxylic acids is 1. The van der Waals surface area contributed by atoms with Crippen LogP contribution in [0.15, 0.2) is 12.1 Å². The first-order chi connectivity index (χ1) is 8.01. The van der Waals surface area contributed by atoms with E-state index in [9.17, 15) is 20.0 Å². The largest absolute Gasteiger partial charge is 0.502 e. The van der Waals surface area contributed by atoms with Gasteiger partial charge in [-0.3, -0.25) is 10.1 Å². The van der Waals surface area contributed by atoms with E-state index in [2.05, 4.69) is 4.74 Å². The summed E-state index contributed by atoms with van der Waals surface area (Å²) >= 11 is 0. The second-order valence-corrected chi connectivity index (χ2v) is 2.98. The van der Waals surface area contributed by atoms with Gasteiger partial charge < -0.3 is 9.84 Å². The molecule has 0 unspecified atom stereocenters. The summed E-state index contributed by atoms with van der Waals surface area (Å²) in [7, 11) is 0. The van der Waals surface area contributed by atoms with Gasteiger partial charge in [-0.2, -0.15) is 5.26 Å². The Bertz CT molecular complexity index is 518. The second kappa shape index (κ2) is 4.94. The van der Waals surface area contributed by atoms with Crippen molar-refractivity contribution in [3.63, 3.8) is 0 Å². The van der Waals surface area contributed by atoms with Gasteiger partial charge in [0.1, 0.15) is 11.6 Å². The maximum Gasteiger partial charge on any atom is 0.338 e. The van der Waals surface area contributed by atoms with E-state index in [4.69, 9.17) is 5.26 Å². The number of aromatic hydroxyl groups is 1. The Labute approximate surface area is 96.0 Å². The fourth-order valence-corrected chi connectivity index (χ4v) is 1.23. The summed E-state index contributed by atoms with van der Waals surface area (Å²) in [5.41, 5.74) is -1.22. The average Bonchev–Trinajstić information content (AvgIpc) is 2.27. The quantitative estimate of drug-likeness (QED) is 0.481. The van der Waals surface area contributed by atoms with Crippen molar-refractivity contribution >= 4 is 11.7 Å². The van der Waals surface area contributed by atoms with Crippen LogP contribution in [0.25, 0.3) is 0 Å². The molecule has 0 spiro atoms. The molecule has 0 amide bonds. The summed E-state index contributed by atoms with van der Waals surface area (Å²) in [6.07, 6.45) is 0. The topological polar surface area (TPSA) is 113 Å². The fourth-order valence-electron chi connectivity index (χ4n) is 1.23. The lowest BCUT2D eigenvalue weighted by molar-refractivity contribution is -0.386. The first kappa shape index (κ1) is 12.4. The van der Waals surface area contributed by atoms with Gasteiger partial charge >= 0.3 is 11.7 Å². The lowest BCUT2D eigenvalue weighted by atomic mass is 10.1. The highest BCUT2D eigenvalue weighted by molar-refractivity contribution is 5.91. The number of nitro groups is 1. The monoisotopic (exact) mass is 236 g/mol. The molecule has 7 nitrogen and oxygen atoms in total. The third-order valence-corrected chi connectivity index (χ3v) is 1.90. The Hall–Kier alpha value is -2.62. The van der Waals surface area contributed by atoms with Gasteiger partial charge in [-0.25, -0.2) is 4.79 Å². The average molecular weight is 236 g/mol. The number of ether oxygens (including phenoxy) is 1. The molecule has 0 atom stereocenters. The molecule has 1 rings (SSSR count). The van der Waals surface area contributed by atoms with E-state index in [1.807, 2.05) is 0 Å². The highest BCUT2D eigenvalue weighted by Crippen LogP contribution is 2.31. The third kappa shape index (κ3) is 2.49. The van der Waals surface area contributed by atoms with Gasteiger partial charge in [0.2, 0.25) is 0 Å². The number of carbonyl (C=O) groups is 1. The molecule has 0 saturated carbocycles. The molecular formula is C10H8N2O5. The van der Waals surface area contributed by atoms with Crippen molar-refractivity contribution in [1.82, 2.24) is 0 Å². The normalized spacial score (nSPS) is 9.41. The maximum atomic E-state index is 11.3. The van der Waals surface area contributed by atoms with Gasteiger partial charge in [-0.1, -0.05) is 0 Å². The van der Waals surface area contributed by atoms with Gasteiger partial charge in [0.25, 0.3) is 0 Å². The minimum absolute atomic E-state index is 0.105.